The first-order valence-corrected chi connectivity index (χ1v) is 11.1. The number of carbonyl (C=O) groups excluding carboxylic acids is 2. The van der Waals surface area contributed by atoms with Crippen molar-refractivity contribution in [2.24, 2.45) is 5.41 Å². The molecule has 2 aliphatic carbocycles. The summed E-state index contributed by atoms with van der Waals surface area (Å²) in [4.78, 5) is 28.2. The van der Waals surface area contributed by atoms with Gasteiger partial charge in [0.1, 0.15) is 5.76 Å². The van der Waals surface area contributed by atoms with Crippen molar-refractivity contribution in [2.75, 3.05) is 32.8 Å². The molecule has 4 rings (SSSR count). The summed E-state index contributed by atoms with van der Waals surface area (Å²) in [5, 5.41) is 3.17. The number of amides is 1. The zero-order valence-electron chi connectivity index (χ0n) is 18.1. The van der Waals surface area contributed by atoms with E-state index in [-0.39, 0.29) is 22.6 Å². The molecule has 1 aromatic rings. The molecular weight excluding hydrogens is 368 g/mol. The number of ketones is 1. The smallest absolute Gasteiger partial charge is 0.287 e. The Labute approximate surface area is 173 Å². The van der Waals surface area contributed by atoms with Gasteiger partial charge in [0, 0.05) is 43.6 Å². The van der Waals surface area contributed by atoms with E-state index in [2.05, 4.69) is 24.1 Å². The third-order valence-corrected chi connectivity index (χ3v) is 7.03. The maximum Gasteiger partial charge on any atom is 0.287 e. The van der Waals surface area contributed by atoms with Crippen molar-refractivity contribution in [3.8, 4) is 0 Å². The highest BCUT2D eigenvalue weighted by atomic mass is 16.5. The Morgan fingerprint density at radius 1 is 1.10 bits per heavy atom. The Kier molecular flexibility index (Phi) is 5.60. The number of Topliss-reactive ketones (excluding diaryl/α,β-unsaturated/α-hetero) is 1. The second-order valence-electron chi connectivity index (χ2n) is 9.86. The fraction of sp³-hybridized carbons (Fsp3) is 0.739. The Balaban J connectivity index is 1.51. The van der Waals surface area contributed by atoms with Gasteiger partial charge in [0.2, 0.25) is 0 Å². The van der Waals surface area contributed by atoms with Crippen LogP contribution in [0.2, 0.25) is 0 Å². The summed E-state index contributed by atoms with van der Waals surface area (Å²) in [6.07, 6.45) is 7.07. The monoisotopic (exact) mass is 402 g/mol. The molecule has 6 nitrogen and oxygen atoms in total. The summed E-state index contributed by atoms with van der Waals surface area (Å²) in [6.45, 7) is 9.97. The molecule has 2 fully saturated rings. The first kappa shape index (κ1) is 20.6. The van der Waals surface area contributed by atoms with E-state index < -0.39 is 0 Å². The van der Waals surface area contributed by atoms with Gasteiger partial charge in [0.15, 0.2) is 11.5 Å². The summed E-state index contributed by atoms with van der Waals surface area (Å²) in [5.74, 6) is 0.887. The minimum absolute atomic E-state index is 0.00954. The molecule has 1 aliphatic heterocycles. The van der Waals surface area contributed by atoms with E-state index in [1.165, 1.54) is 19.3 Å². The maximum absolute atomic E-state index is 13.1. The number of hydrogen-bond donors (Lipinski definition) is 1. The van der Waals surface area contributed by atoms with E-state index in [9.17, 15) is 9.59 Å². The van der Waals surface area contributed by atoms with Crippen LogP contribution in [-0.2, 0) is 11.2 Å². The second-order valence-corrected chi connectivity index (χ2v) is 9.86. The lowest BCUT2D eigenvalue weighted by atomic mass is 9.76. The Morgan fingerprint density at radius 2 is 1.79 bits per heavy atom. The molecule has 0 atom stereocenters. The zero-order chi connectivity index (χ0) is 20.6. The Bertz CT molecular complexity index is 783. The summed E-state index contributed by atoms with van der Waals surface area (Å²) >= 11 is 0. The summed E-state index contributed by atoms with van der Waals surface area (Å²) in [6, 6.07) is 0. The lowest BCUT2D eigenvalue weighted by Crippen LogP contribution is -2.59. The Morgan fingerprint density at radius 3 is 2.48 bits per heavy atom. The van der Waals surface area contributed by atoms with Crippen molar-refractivity contribution in [2.45, 2.75) is 71.3 Å². The van der Waals surface area contributed by atoms with Gasteiger partial charge in [-0.1, -0.05) is 33.1 Å². The van der Waals surface area contributed by atoms with Gasteiger partial charge in [-0.15, -0.1) is 0 Å². The van der Waals surface area contributed by atoms with Crippen LogP contribution in [0, 0.1) is 12.3 Å². The highest BCUT2D eigenvalue weighted by Crippen LogP contribution is 2.38. The summed E-state index contributed by atoms with van der Waals surface area (Å²) in [5.41, 5.74) is 1.22. The van der Waals surface area contributed by atoms with Crippen molar-refractivity contribution < 1.29 is 18.7 Å². The highest BCUT2D eigenvalue weighted by molar-refractivity contribution is 6.03. The fourth-order valence-electron chi connectivity index (χ4n) is 5.48. The molecule has 2 heterocycles. The minimum atomic E-state index is -0.194. The number of nitrogens with zero attached hydrogens (tertiary/aromatic N) is 1. The number of furan rings is 1. The third-order valence-electron chi connectivity index (χ3n) is 7.03. The van der Waals surface area contributed by atoms with Crippen LogP contribution in [0.15, 0.2) is 4.42 Å². The fourth-order valence-corrected chi connectivity index (χ4v) is 5.48. The van der Waals surface area contributed by atoms with Crippen LogP contribution in [0.1, 0.15) is 84.6 Å². The molecule has 1 amide bonds. The molecule has 160 valence electrons. The molecule has 0 unspecified atom stereocenters. The van der Waals surface area contributed by atoms with Crippen molar-refractivity contribution in [3.63, 3.8) is 0 Å². The molecular formula is C23H34N2O4. The van der Waals surface area contributed by atoms with Crippen LogP contribution in [-0.4, -0.2) is 55.0 Å². The van der Waals surface area contributed by atoms with E-state index >= 15 is 0 Å². The minimum Gasteiger partial charge on any atom is -0.455 e. The first-order valence-electron chi connectivity index (χ1n) is 11.1. The van der Waals surface area contributed by atoms with Gasteiger partial charge in [-0.3, -0.25) is 14.5 Å². The molecule has 0 radical (unpaired) electrons. The lowest BCUT2D eigenvalue weighted by Gasteiger charge is -2.48. The number of carbonyl (C=O) groups is 2. The second kappa shape index (κ2) is 7.88. The quantitative estimate of drug-likeness (QED) is 0.834. The van der Waals surface area contributed by atoms with Crippen LogP contribution in [0.25, 0.3) is 0 Å². The van der Waals surface area contributed by atoms with E-state index in [0.717, 1.165) is 39.1 Å². The van der Waals surface area contributed by atoms with E-state index in [1.807, 2.05) is 6.92 Å². The Hall–Kier alpha value is -1.66. The van der Waals surface area contributed by atoms with Crippen molar-refractivity contribution in [3.05, 3.63) is 22.6 Å². The third kappa shape index (κ3) is 4.02. The van der Waals surface area contributed by atoms with Crippen molar-refractivity contribution in [1.29, 1.82) is 0 Å². The largest absolute Gasteiger partial charge is 0.455 e. The molecule has 1 N–H and O–H groups in total. The zero-order valence-corrected chi connectivity index (χ0v) is 18.1. The number of rotatable bonds is 4. The SMILES string of the molecule is Cc1c(C(=O)NCC2(N3CCOCC3)CCCCC2)oc2c1C(=O)CC(C)(C)C2. The van der Waals surface area contributed by atoms with Gasteiger partial charge in [0.25, 0.3) is 5.91 Å². The average Bonchev–Trinajstić information content (AvgIpc) is 3.03. The molecule has 0 aromatic carbocycles. The summed E-state index contributed by atoms with van der Waals surface area (Å²) in [7, 11) is 0. The number of nitrogens with one attached hydrogen (secondary N) is 1. The van der Waals surface area contributed by atoms with Crippen molar-refractivity contribution in [1.82, 2.24) is 10.2 Å². The van der Waals surface area contributed by atoms with Gasteiger partial charge in [-0.05, 0) is 25.2 Å². The maximum atomic E-state index is 13.1. The molecule has 0 spiro atoms. The van der Waals surface area contributed by atoms with Crippen LogP contribution in [0.5, 0.6) is 0 Å². The van der Waals surface area contributed by atoms with E-state index in [1.54, 1.807) is 0 Å². The van der Waals surface area contributed by atoms with E-state index in [0.29, 0.717) is 42.0 Å². The molecule has 0 bridgehead atoms. The molecule has 1 aromatic heterocycles. The summed E-state index contributed by atoms with van der Waals surface area (Å²) < 4.78 is 11.5. The van der Waals surface area contributed by atoms with Gasteiger partial charge < -0.3 is 14.5 Å². The van der Waals surface area contributed by atoms with E-state index in [4.69, 9.17) is 9.15 Å². The lowest BCUT2D eigenvalue weighted by molar-refractivity contribution is -0.0362. The number of morpholine rings is 1. The van der Waals surface area contributed by atoms with Crippen molar-refractivity contribution >= 4 is 11.7 Å². The molecule has 1 saturated heterocycles. The van der Waals surface area contributed by atoms with Gasteiger partial charge in [-0.2, -0.15) is 0 Å². The predicted molar refractivity (Wildman–Crippen MR) is 110 cm³/mol. The molecule has 1 saturated carbocycles. The molecule has 6 heteroatoms. The van der Waals surface area contributed by atoms with Gasteiger partial charge >= 0.3 is 0 Å². The van der Waals surface area contributed by atoms with Crippen LogP contribution < -0.4 is 5.32 Å². The average molecular weight is 403 g/mol. The first-order chi connectivity index (χ1) is 13.8. The van der Waals surface area contributed by atoms with Crippen LogP contribution in [0.4, 0.5) is 0 Å². The number of fused-ring (bicyclic) bond motifs is 1. The topological polar surface area (TPSA) is 71.8 Å². The standard InChI is InChI=1S/C23H34N2O4/c1-16-19-17(26)13-22(2,3)14-18(19)29-20(16)21(27)24-15-23(7-5-4-6-8-23)25-9-11-28-12-10-25/h4-15H2,1-3H3,(H,24,27). The highest BCUT2D eigenvalue weighted by Gasteiger charge is 2.40. The van der Waals surface area contributed by atoms with Gasteiger partial charge in [0.05, 0.1) is 18.8 Å². The van der Waals surface area contributed by atoms with Crippen LogP contribution >= 0.6 is 0 Å². The predicted octanol–water partition coefficient (Wildman–Crippen LogP) is 3.51. The van der Waals surface area contributed by atoms with Gasteiger partial charge in [-0.25, -0.2) is 0 Å². The molecule has 29 heavy (non-hydrogen) atoms. The molecule has 3 aliphatic rings. The van der Waals surface area contributed by atoms with Crippen LogP contribution in [0.3, 0.4) is 0 Å². The normalized spacial score (nSPS) is 24.2. The number of hydrogen-bond acceptors (Lipinski definition) is 5. The number of ether oxygens (including phenoxy) is 1.